The number of aromatic nitrogens is 3. The highest BCUT2D eigenvalue weighted by Crippen LogP contribution is 2.29. The van der Waals surface area contributed by atoms with Crippen LogP contribution in [0.5, 0.6) is 0 Å². The number of rotatable bonds is 5. The molecule has 0 amide bonds. The van der Waals surface area contributed by atoms with Gasteiger partial charge in [-0.25, -0.2) is 14.8 Å². The van der Waals surface area contributed by atoms with Gasteiger partial charge in [0.15, 0.2) is 5.69 Å². The van der Waals surface area contributed by atoms with Crippen LogP contribution in [0.15, 0.2) is 53.3 Å². The quantitative estimate of drug-likeness (QED) is 0.461. The summed E-state index contributed by atoms with van der Waals surface area (Å²) >= 11 is 0. The van der Waals surface area contributed by atoms with Crippen molar-refractivity contribution in [2.24, 2.45) is 7.05 Å². The number of hydrogen-bond donors (Lipinski definition) is 2. The molecule has 170 valence electrons. The lowest BCUT2D eigenvalue weighted by Crippen LogP contribution is -2.22. The minimum Gasteiger partial charge on any atom is -0.476 e. The van der Waals surface area contributed by atoms with Gasteiger partial charge >= 0.3 is 5.97 Å². The SMILES string of the molecule is Cc1cc([C@@H](C)Nc2ccc(C)nc2C(=O)O)c2nc(-c3ccc(C#N)cc3)n(C)c(=O)c2c1. The average Bonchev–Trinajstić information content (AvgIpc) is 2.82. The predicted octanol–water partition coefficient (Wildman–Crippen LogP) is 4.36. The number of carbonyl (C=O) groups is 1. The van der Waals surface area contributed by atoms with Crippen LogP contribution >= 0.6 is 0 Å². The molecular weight excluding hydrogens is 430 g/mol. The van der Waals surface area contributed by atoms with Gasteiger partial charge in [-0.1, -0.05) is 6.07 Å². The number of nitriles is 1. The zero-order chi connectivity index (χ0) is 24.6. The molecule has 8 heteroatoms. The summed E-state index contributed by atoms with van der Waals surface area (Å²) in [6.07, 6.45) is 0. The Labute approximate surface area is 196 Å². The fraction of sp³-hybridized carbons (Fsp3) is 0.192. The molecule has 8 nitrogen and oxygen atoms in total. The molecule has 0 saturated carbocycles. The fourth-order valence-corrected chi connectivity index (χ4v) is 3.98. The van der Waals surface area contributed by atoms with Crippen molar-refractivity contribution < 1.29 is 9.90 Å². The predicted molar refractivity (Wildman–Crippen MR) is 130 cm³/mol. The number of aromatic carboxylic acids is 1. The second kappa shape index (κ2) is 8.79. The van der Waals surface area contributed by atoms with E-state index in [4.69, 9.17) is 10.2 Å². The number of hydrogen-bond acceptors (Lipinski definition) is 6. The van der Waals surface area contributed by atoms with Crippen LogP contribution in [0.3, 0.4) is 0 Å². The molecule has 1 atom stereocenters. The Hall–Kier alpha value is -4.51. The Kier molecular flexibility index (Phi) is 5.86. The maximum Gasteiger partial charge on any atom is 0.356 e. The molecule has 0 fully saturated rings. The summed E-state index contributed by atoms with van der Waals surface area (Å²) in [6.45, 7) is 5.53. The standard InChI is InChI=1S/C26H23N5O3/c1-14-11-19(16(3)29-21-10-5-15(2)28-23(21)26(33)34)22-20(12-14)25(32)31(4)24(30-22)18-8-6-17(13-27)7-9-18/h5-12,16,29H,1-4H3,(H,33,34)/t16-/m1/s1. The highest BCUT2D eigenvalue weighted by Gasteiger charge is 2.20. The first-order valence-corrected chi connectivity index (χ1v) is 10.7. The number of nitrogens with one attached hydrogen (secondary N) is 1. The van der Waals surface area contributed by atoms with E-state index in [2.05, 4.69) is 16.4 Å². The van der Waals surface area contributed by atoms with E-state index in [1.807, 2.05) is 19.9 Å². The van der Waals surface area contributed by atoms with Crippen LogP contribution in [-0.2, 0) is 7.05 Å². The second-order valence-electron chi connectivity index (χ2n) is 8.26. The number of fused-ring (bicyclic) bond motifs is 1. The molecule has 0 aliphatic heterocycles. The van der Waals surface area contributed by atoms with Crippen molar-refractivity contribution in [2.45, 2.75) is 26.8 Å². The van der Waals surface area contributed by atoms with Gasteiger partial charge in [0.1, 0.15) is 5.82 Å². The molecule has 0 bridgehead atoms. The third-order valence-corrected chi connectivity index (χ3v) is 5.70. The molecule has 2 heterocycles. The van der Waals surface area contributed by atoms with Gasteiger partial charge in [0.05, 0.1) is 34.3 Å². The number of nitrogens with zero attached hydrogens (tertiary/aromatic N) is 4. The average molecular weight is 454 g/mol. The molecule has 34 heavy (non-hydrogen) atoms. The summed E-state index contributed by atoms with van der Waals surface area (Å²) < 4.78 is 1.50. The van der Waals surface area contributed by atoms with Gasteiger partial charge in [-0.05, 0) is 68.8 Å². The number of carboxylic acid groups (broad SMARTS) is 1. The lowest BCUT2D eigenvalue weighted by molar-refractivity contribution is 0.0691. The molecule has 0 radical (unpaired) electrons. The lowest BCUT2D eigenvalue weighted by atomic mass is 10.0. The van der Waals surface area contributed by atoms with Crippen LogP contribution in [0, 0.1) is 25.2 Å². The summed E-state index contributed by atoms with van der Waals surface area (Å²) in [5.74, 6) is -0.648. The van der Waals surface area contributed by atoms with Gasteiger partial charge in [-0.2, -0.15) is 5.26 Å². The normalized spacial score (nSPS) is 11.7. The Morgan fingerprint density at radius 2 is 1.82 bits per heavy atom. The fourth-order valence-electron chi connectivity index (χ4n) is 3.98. The van der Waals surface area contributed by atoms with Crippen molar-refractivity contribution >= 4 is 22.6 Å². The van der Waals surface area contributed by atoms with Crippen molar-refractivity contribution in [2.75, 3.05) is 5.32 Å². The maximum atomic E-state index is 13.3. The molecule has 2 N–H and O–H groups in total. The second-order valence-corrected chi connectivity index (χ2v) is 8.26. The molecule has 0 unspecified atom stereocenters. The molecule has 0 aliphatic carbocycles. The maximum absolute atomic E-state index is 13.3. The number of pyridine rings is 1. The molecule has 4 aromatic rings. The van der Waals surface area contributed by atoms with Gasteiger partial charge in [0, 0.05) is 23.9 Å². The zero-order valence-electron chi connectivity index (χ0n) is 19.2. The minimum absolute atomic E-state index is 0.0639. The molecule has 2 aromatic carbocycles. The first-order chi connectivity index (χ1) is 16.2. The summed E-state index contributed by atoms with van der Waals surface area (Å²) in [5.41, 5.74) is 4.15. The molecule has 0 aliphatic rings. The third kappa shape index (κ3) is 4.11. The van der Waals surface area contributed by atoms with Crippen LogP contribution in [0.2, 0.25) is 0 Å². The van der Waals surface area contributed by atoms with Crippen LogP contribution in [0.25, 0.3) is 22.3 Å². The van der Waals surface area contributed by atoms with Crippen molar-refractivity contribution in [1.29, 1.82) is 5.26 Å². The highest BCUT2D eigenvalue weighted by molar-refractivity contribution is 5.92. The van der Waals surface area contributed by atoms with Crippen molar-refractivity contribution in [3.63, 3.8) is 0 Å². The van der Waals surface area contributed by atoms with E-state index in [0.29, 0.717) is 39.2 Å². The van der Waals surface area contributed by atoms with Crippen molar-refractivity contribution in [3.8, 4) is 17.5 Å². The summed E-state index contributed by atoms with van der Waals surface area (Å²) in [6, 6.07) is 15.8. The first-order valence-electron chi connectivity index (χ1n) is 10.7. The van der Waals surface area contributed by atoms with Crippen LogP contribution < -0.4 is 10.9 Å². The summed E-state index contributed by atoms with van der Waals surface area (Å²) in [4.78, 5) is 34.0. The van der Waals surface area contributed by atoms with Crippen LogP contribution in [0.4, 0.5) is 5.69 Å². The monoisotopic (exact) mass is 453 g/mol. The van der Waals surface area contributed by atoms with Crippen LogP contribution in [0.1, 0.15) is 45.8 Å². The first kappa shape index (κ1) is 22.7. The Balaban J connectivity index is 1.88. The summed E-state index contributed by atoms with van der Waals surface area (Å²) in [5, 5.41) is 22.4. The van der Waals surface area contributed by atoms with Gasteiger partial charge in [-0.3, -0.25) is 9.36 Å². The van der Waals surface area contributed by atoms with Crippen molar-refractivity contribution in [1.82, 2.24) is 14.5 Å². The number of benzene rings is 2. The Morgan fingerprint density at radius 3 is 2.47 bits per heavy atom. The van der Waals surface area contributed by atoms with Gasteiger partial charge < -0.3 is 10.4 Å². The van der Waals surface area contributed by atoms with E-state index in [0.717, 1.165) is 11.1 Å². The van der Waals surface area contributed by atoms with E-state index in [1.165, 1.54) is 4.57 Å². The van der Waals surface area contributed by atoms with Gasteiger partial charge in [0.25, 0.3) is 5.56 Å². The van der Waals surface area contributed by atoms with Crippen molar-refractivity contribution in [3.05, 3.63) is 87.0 Å². The largest absolute Gasteiger partial charge is 0.476 e. The smallest absolute Gasteiger partial charge is 0.356 e. The number of aryl methyl sites for hydroxylation is 2. The van der Waals surface area contributed by atoms with Gasteiger partial charge in [0.2, 0.25) is 0 Å². The van der Waals surface area contributed by atoms with Crippen LogP contribution in [-0.4, -0.2) is 25.6 Å². The van der Waals surface area contributed by atoms with E-state index in [-0.39, 0.29) is 17.3 Å². The van der Waals surface area contributed by atoms with E-state index in [9.17, 15) is 14.7 Å². The zero-order valence-corrected chi connectivity index (χ0v) is 19.2. The lowest BCUT2D eigenvalue weighted by Gasteiger charge is -2.20. The Bertz CT molecular complexity index is 1530. The van der Waals surface area contributed by atoms with E-state index >= 15 is 0 Å². The minimum atomic E-state index is -1.12. The summed E-state index contributed by atoms with van der Waals surface area (Å²) in [7, 11) is 1.67. The molecular formula is C26H23N5O3. The highest BCUT2D eigenvalue weighted by atomic mass is 16.4. The van der Waals surface area contributed by atoms with E-state index < -0.39 is 5.97 Å². The Morgan fingerprint density at radius 1 is 1.12 bits per heavy atom. The molecule has 0 spiro atoms. The number of anilines is 1. The molecule has 4 rings (SSSR count). The topological polar surface area (TPSA) is 121 Å². The molecule has 2 aromatic heterocycles. The van der Waals surface area contributed by atoms with Gasteiger partial charge in [-0.15, -0.1) is 0 Å². The third-order valence-electron chi connectivity index (χ3n) is 5.70. The van der Waals surface area contributed by atoms with E-state index in [1.54, 1.807) is 56.4 Å². The number of carboxylic acids is 1. The molecule has 0 saturated heterocycles.